The van der Waals surface area contributed by atoms with Gasteiger partial charge in [0.05, 0.1) is 6.04 Å². The lowest BCUT2D eigenvalue weighted by atomic mass is 10.2. The normalized spacial score (nSPS) is 13.3. The fourth-order valence-electron chi connectivity index (χ4n) is 0.660. The van der Waals surface area contributed by atoms with E-state index in [0.29, 0.717) is 6.42 Å². The van der Waals surface area contributed by atoms with E-state index in [4.69, 9.17) is 16.6 Å². The van der Waals surface area contributed by atoms with Crippen molar-refractivity contribution in [2.24, 2.45) is 5.73 Å². The maximum atomic E-state index is 8.50. The third-order valence-electron chi connectivity index (χ3n) is 1.21. The monoisotopic (exact) mass is 158 g/mol. The fraction of sp³-hybridized carbons (Fsp3) is 0.600. The average Bonchev–Trinajstić information content (AvgIpc) is 2.36. The number of aliphatic hydroxyl groups excluding tert-OH is 1. The third kappa shape index (κ3) is 1.89. The van der Waals surface area contributed by atoms with E-state index in [9.17, 15) is 0 Å². The van der Waals surface area contributed by atoms with Gasteiger partial charge in [-0.3, -0.25) is 0 Å². The molecule has 1 aromatic heterocycles. The molecule has 0 bridgehead atoms. The molecule has 5 N–H and O–H groups in total. The Hall–Kier alpha value is -1.14. The Kier molecular flexibility index (Phi) is 2.40. The van der Waals surface area contributed by atoms with Crippen LogP contribution in [-0.4, -0.2) is 21.9 Å². The highest BCUT2D eigenvalue weighted by molar-refractivity contribution is 5.11. The second-order valence-electron chi connectivity index (χ2n) is 2.11. The number of nitrogen functional groups attached to an aromatic ring is 1. The van der Waals surface area contributed by atoms with Gasteiger partial charge >= 0.3 is 0 Å². The van der Waals surface area contributed by atoms with Gasteiger partial charge in [-0.1, -0.05) is 0 Å². The lowest BCUT2D eigenvalue weighted by Crippen LogP contribution is -2.12. The number of anilines is 1. The molecule has 11 heavy (non-hydrogen) atoms. The van der Waals surface area contributed by atoms with Gasteiger partial charge in [0.1, 0.15) is 0 Å². The van der Waals surface area contributed by atoms with Gasteiger partial charge in [0.25, 0.3) is 5.95 Å². The minimum atomic E-state index is -0.426. The highest BCUT2D eigenvalue weighted by atomic mass is 16.5. The molecule has 6 heteroatoms. The molecule has 0 aromatic carbocycles. The van der Waals surface area contributed by atoms with Crippen LogP contribution in [0.25, 0.3) is 0 Å². The summed E-state index contributed by atoms with van der Waals surface area (Å²) in [7, 11) is 0. The highest BCUT2D eigenvalue weighted by Crippen LogP contribution is 2.10. The summed E-state index contributed by atoms with van der Waals surface area (Å²) in [4.78, 5) is 3.69. The molecule has 0 aliphatic rings. The van der Waals surface area contributed by atoms with Crippen LogP contribution in [-0.2, 0) is 0 Å². The number of aromatic nitrogens is 2. The third-order valence-corrected chi connectivity index (χ3v) is 1.21. The molecule has 6 nitrogen and oxygen atoms in total. The molecule has 0 aliphatic carbocycles. The zero-order valence-electron chi connectivity index (χ0n) is 5.90. The average molecular weight is 158 g/mol. The van der Waals surface area contributed by atoms with Crippen molar-refractivity contribution in [3.8, 4) is 0 Å². The number of hydrogen-bond acceptors (Lipinski definition) is 6. The highest BCUT2D eigenvalue weighted by Gasteiger charge is 2.12. The van der Waals surface area contributed by atoms with E-state index in [1.807, 2.05) is 0 Å². The summed E-state index contributed by atoms with van der Waals surface area (Å²) in [5, 5.41) is 11.9. The zero-order valence-corrected chi connectivity index (χ0v) is 5.90. The van der Waals surface area contributed by atoms with E-state index < -0.39 is 6.04 Å². The topological polar surface area (TPSA) is 111 Å². The van der Waals surface area contributed by atoms with Crippen molar-refractivity contribution in [2.45, 2.75) is 12.5 Å². The molecular weight excluding hydrogens is 148 g/mol. The molecule has 1 atom stereocenters. The molecule has 1 aromatic rings. The first-order valence-electron chi connectivity index (χ1n) is 3.19. The molecule has 0 radical (unpaired) electrons. The molecule has 1 unspecified atom stereocenters. The molecule has 0 saturated heterocycles. The van der Waals surface area contributed by atoms with Crippen molar-refractivity contribution < 1.29 is 9.63 Å². The molecule has 0 fully saturated rings. The number of aliphatic hydroxyl groups is 1. The number of rotatable bonds is 3. The molecule has 0 amide bonds. The maximum Gasteiger partial charge on any atom is 0.260 e. The minimum Gasteiger partial charge on any atom is -0.396 e. The van der Waals surface area contributed by atoms with Gasteiger partial charge in [-0.25, -0.2) is 0 Å². The summed E-state index contributed by atoms with van der Waals surface area (Å²) < 4.78 is 4.66. The van der Waals surface area contributed by atoms with Crippen LogP contribution in [0.4, 0.5) is 5.95 Å². The molecule has 0 saturated carbocycles. The first-order chi connectivity index (χ1) is 5.24. The Morgan fingerprint density at radius 1 is 1.64 bits per heavy atom. The van der Waals surface area contributed by atoms with Crippen LogP contribution >= 0.6 is 0 Å². The van der Waals surface area contributed by atoms with E-state index in [1.165, 1.54) is 0 Å². The van der Waals surface area contributed by atoms with Crippen LogP contribution in [0.1, 0.15) is 18.4 Å². The van der Waals surface area contributed by atoms with E-state index in [0.717, 1.165) is 0 Å². The van der Waals surface area contributed by atoms with Gasteiger partial charge < -0.3 is 21.1 Å². The van der Waals surface area contributed by atoms with E-state index >= 15 is 0 Å². The van der Waals surface area contributed by atoms with Gasteiger partial charge in [-0.15, -0.1) is 0 Å². The molecule has 0 spiro atoms. The largest absolute Gasteiger partial charge is 0.396 e. The van der Waals surface area contributed by atoms with Crippen LogP contribution in [0, 0.1) is 0 Å². The molecule has 0 aliphatic heterocycles. The van der Waals surface area contributed by atoms with Gasteiger partial charge in [0, 0.05) is 6.61 Å². The van der Waals surface area contributed by atoms with Crippen molar-refractivity contribution in [3.63, 3.8) is 0 Å². The Morgan fingerprint density at radius 3 is 2.82 bits per heavy atom. The summed E-state index contributed by atoms with van der Waals surface area (Å²) >= 11 is 0. The number of hydrogen-bond donors (Lipinski definition) is 3. The van der Waals surface area contributed by atoms with E-state index in [1.54, 1.807) is 0 Å². The van der Waals surface area contributed by atoms with E-state index in [-0.39, 0.29) is 18.4 Å². The standard InChI is InChI=1S/C5H10N4O2/c6-3(1-2-10)4-8-5(7)9-11-4/h3,10H,1-2,6H2,(H2,7,9). The minimum absolute atomic E-state index is 0.0105. The predicted octanol–water partition coefficient (Wildman–Crippen LogP) is -0.966. The quantitative estimate of drug-likeness (QED) is 0.522. The van der Waals surface area contributed by atoms with Crippen LogP contribution in [0.3, 0.4) is 0 Å². The van der Waals surface area contributed by atoms with Crippen LogP contribution in [0.2, 0.25) is 0 Å². The predicted molar refractivity (Wildman–Crippen MR) is 37.3 cm³/mol. The lowest BCUT2D eigenvalue weighted by molar-refractivity contribution is 0.259. The van der Waals surface area contributed by atoms with E-state index in [2.05, 4.69) is 14.7 Å². The SMILES string of the molecule is Nc1noc(C(N)CCO)n1. The Bertz CT molecular complexity index is 224. The molecular formula is C5H10N4O2. The van der Waals surface area contributed by atoms with Crippen molar-refractivity contribution >= 4 is 5.95 Å². The molecule has 1 rings (SSSR count). The number of nitrogens with zero attached hydrogens (tertiary/aromatic N) is 2. The van der Waals surface area contributed by atoms with Crippen LogP contribution in [0.5, 0.6) is 0 Å². The summed E-state index contributed by atoms with van der Waals surface area (Å²) in [6.07, 6.45) is 0.391. The van der Waals surface area contributed by atoms with Crippen molar-refractivity contribution in [1.82, 2.24) is 10.1 Å². The first-order valence-corrected chi connectivity index (χ1v) is 3.19. The Balaban J connectivity index is 2.60. The zero-order chi connectivity index (χ0) is 8.27. The number of nitrogens with two attached hydrogens (primary N) is 2. The van der Waals surface area contributed by atoms with Gasteiger partial charge in [0.15, 0.2) is 0 Å². The molecule has 1 heterocycles. The summed E-state index contributed by atoms with van der Waals surface area (Å²) in [5.74, 6) is 0.324. The van der Waals surface area contributed by atoms with Crippen LogP contribution in [0.15, 0.2) is 4.52 Å². The summed E-state index contributed by atoms with van der Waals surface area (Å²) in [6.45, 7) is -0.0105. The van der Waals surface area contributed by atoms with Gasteiger partial charge in [-0.2, -0.15) is 4.98 Å². The summed E-state index contributed by atoms with van der Waals surface area (Å²) in [6, 6.07) is -0.426. The lowest BCUT2D eigenvalue weighted by Gasteiger charge is -2.01. The Morgan fingerprint density at radius 2 is 2.36 bits per heavy atom. The maximum absolute atomic E-state index is 8.50. The second kappa shape index (κ2) is 3.31. The fourth-order valence-corrected chi connectivity index (χ4v) is 0.660. The molecule has 62 valence electrons. The van der Waals surface area contributed by atoms with Gasteiger partial charge in [-0.05, 0) is 11.6 Å². The first kappa shape index (κ1) is 7.96. The van der Waals surface area contributed by atoms with Crippen molar-refractivity contribution in [3.05, 3.63) is 5.89 Å². The van der Waals surface area contributed by atoms with Crippen molar-refractivity contribution in [1.29, 1.82) is 0 Å². The van der Waals surface area contributed by atoms with Gasteiger partial charge in [0.2, 0.25) is 5.89 Å². The summed E-state index contributed by atoms with van der Waals surface area (Å²) in [5.41, 5.74) is 10.7. The Labute approximate surface area is 63.2 Å². The van der Waals surface area contributed by atoms with Crippen molar-refractivity contribution in [2.75, 3.05) is 12.3 Å². The second-order valence-corrected chi connectivity index (χ2v) is 2.11. The smallest absolute Gasteiger partial charge is 0.260 e. The van der Waals surface area contributed by atoms with Crippen LogP contribution < -0.4 is 11.5 Å².